The summed E-state index contributed by atoms with van der Waals surface area (Å²) in [5.74, 6) is -0.504. The van der Waals surface area contributed by atoms with E-state index in [2.05, 4.69) is 9.97 Å². The van der Waals surface area contributed by atoms with E-state index < -0.39 is 11.1 Å². The van der Waals surface area contributed by atoms with E-state index >= 15 is 0 Å². The third-order valence-electron chi connectivity index (χ3n) is 5.00. The second-order valence-corrected chi connectivity index (χ2v) is 8.14. The number of aromatic hydroxyl groups is 2. The molecular weight excluding hydrogens is 416 g/mol. The number of hydrogen-bond acceptors (Lipinski definition) is 7. The molecule has 0 aliphatic carbocycles. The van der Waals surface area contributed by atoms with Gasteiger partial charge in [0.05, 0.1) is 10.8 Å². The molecule has 0 unspecified atom stereocenters. The van der Waals surface area contributed by atoms with E-state index in [1.165, 1.54) is 9.13 Å². The maximum absolute atomic E-state index is 13.2. The second-order valence-electron chi connectivity index (χ2n) is 7.12. The van der Waals surface area contributed by atoms with Crippen molar-refractivity contribution < 1.29 is 10.2 Å². The van der Waals surface area contributed by atoms with Gasteiger partial charge in [0, 0.05) is 25.5 Å². The van der Waals surface area contributed by atoms with Crippen LogP contribution in [0.4, 0.5) is 0 Å². The first-order chi connectivity index (χ1) is 15.0. The van der Waals surface area contributed by atoms with E-state index in [-0.39, 0.29) is 21.3 Å². The van der Waals surface area contributed by atoms with E-state index in [4.69, 9.17) is 0 Å². The maximum atomic E-state index is 13.2. The van der Waals surface area contributed by atoms with Gasteiger partial charge in [-0.15, -0.1) is 0 Å². The van der Waals surface area contributed by atoms with Crippen molar-refractivity contribution in [2.45, 2.75) is 49.6 Å². The average Bonchev–Trinajstić information content (AvgIpc) is 2.79. The number of aryl methyl sites for hydroxylation is 2. The highest BCUT2D eigenvalue weighted by Crippen LogP contribution is 2.40. The Bertz CT molecular complexity index is 1300. The molecule has 4 rings (SSSR count). The highest BCUT2D eigenvalue weighted by Gasteiger charge is 2.23. The summed E-state index contributed by atoms with van der Waals surface area (Å²) in [5, 5.41) is 22.6. The van der Waals surface area contributed by atoms with Crippen molar-refractivity contribution in [1.82, 2.24) is 19.1 Å². The molecule has 0 saturated carbocycles. The van der Waals surface area contributed by atoms with Gasteiger partial charge in [0.25, 0.3) is 11.1 Å². The van der Waals surface area contributed by atoms with Crippen molar-refractivity contribution in [2.24, 2.45) is 0 Å². The molecule has 0 aliphatic heterocycles. The molecule has 4 aromatic heterocycles. The van der Waals surface area contributed by atoms with Crippen LogP contribution in [0.5, 0.6) is 11.5 Å². The lowest BCUT2D eigenvalue weighted by atomic mass is 10.2. The Hall–Kier alpha value is -3.33. The van der Waals surface area contributed by atoms with Crippen molar-refractivity contribution in [1.29, 1.82) is 0 Å². The van der Waals surface area contributed by atoms with Gasteiger partial charge in [-0.2, -0.15) is 0 Å². The third-order valence-corrected chi connectivity index (χ3v) is 6.15. The predicted molar refractivity (Wildman–Crippen MR) is 120 cm³/mol. The first kappa shape index (κ1) is 20.9. The SMILES string of the molecule is CCCn1c(=O)c(Sc2c(O)c3cccnc3n(CCC)c2=O)c(O)c2cccnc21. The number of nitrogens with zero attached hydrogens (tertiary/aromatic N) is 4. The minimum atomic E-state index is -0.456. The number of aromatic nitrogens is 4. The van der Waals surface area contributed by atoms with Crippen LogP contribution in [0.15, 0.2) is 56.0 Å². The molecule has 0 atom stereocenters. The Labute approximate surface area is 181 Å². The lowest BCUT2D eigenvalue weighted by molar-refractivity contribution is 0.460. The van der Waals surface area contributed by atoms with E-state index in [1.807, 2.05) is 13.8 Å². The summed E-state index contributed by atoms with van der Waals surface area (Å²) in [6, 6.07) is 6.69. The predicted octanol–water partition coefficient (Wildman–Crippen LogP) is 3.49. The lowest BCUT2D eigenvalue weighted by Gasteiger charge is -2.15. The van der Waals surface area contributed by atoms with Crippen molar-refractivity contribution in [2.75, 3.05) is 0 Å². The Morgan fingerprint density at radius 2 is 1.23 bits per heavy atom. The van der Waals surface area contributed by atoms with Gasteiger partial charge in [-0.1, -0.05) is 25.6 Å². The van der Waals surface area contributed by atoms with Crippen molar-refractivity contribution in [3.05, 3.63) is 57.4 Å². The van der Waals surface area contributed by atoms with E-state index in [0.717, 1.165) is 11.8 Å². The topological polar surface area (TPSA) is 110 Å². The van der Waals surface area contributed by atoms with E-state index in [0.29, 0.717) is 48.0 Å². The number of rotatable bonds is 6. The molecule has 0 radical (unpaired) electrons. The van der Waals surface area contributed by atoms with Crippen LogP contribution in [0.3, 0.4) is 0 Å². The zero-order chi connectivity index (χ0) is 22.1. The molecule has 0 spiro atoms. The number of pyridine rings is 4. The van der Waals surface area contributed by atoms with Crippen LogP contribution < -0.4 is 11.1 Å². The molecule has 4 heterocycles. The highest BCUT2D eigenvalue weighted by molar-refractivity contribution is 7.99. The Morgan fingerprint density at radius 3 is 1.61 bits per heavy atom. The molecule has 0 aliphatic rings. The van der Waals surface area contributed by atoms with Gasteiger partial charge in [-0.3, -0.25) is 18.7 Å². The van der Waals surface area contributed by atoms with Crippen LogP contribution in [0.25, 0.3) is 22.1 Å². The molecule has 9 heteroatoms. The fraction of sp³-hybridized carbons (Fsp3) is 0.273. The molecule has 0 fully saturated rings. The fourth-order valence-electron chi connectivity index (χ4n) is 3.63. The molecule has 160 valence electrons. The third kappa shape index (κ3) is 3.44. The summed E-state index contributed by atoms with van der Waals surface area (Å²) >= 11 is 0.782. The largest absolute Gasteiger partial charge is 0.506 e. The van der Waals surface area contributed by atoms with Gasteiger partial charge in [0.15, 0.2) is 0 Å². The minimum Gasteiger partial charge on any atom is -0.506 e. The summed E-state index contributed by atoms with van der Waals surface area (Å²) in [7, 11) is 0. The summed E-state index contributed by atoms with van der Waals surface area (Å²) < 4.78 is 2.98. The van der Waals surface area contributed by atoms with Crippen LogP contribution in [0.1, 0.15) is 26.7 Å². The Balaban J connectivity index is 2.01. The standard InChI is InChI=1S/C22H22N4O4S/c1-3-11-25-19-13(7-5-9-23-19)15(27)17(21(25)29)31-18-16(28)14-8-6-10-24-20(14)26(12-4-2)22(18)30/h5-10,27-28H,3-4,11-12H2,1-2H3. The quantitative estimate of drug-likeness (QED) is 0.474. The van der Waals surface area contributed by atoms with Crippen molar-refractivity contribution >= 4 is 33.8 Å². The van der Waals surface area contributed by atoms with Gasteiger partial charge < -0.3 is 10.2 Å². The monoisotopic (exact) mass is 438 g/mol. The summed E-state index contributed by atoms with van der Waals surface area (Å²) in [6.45, 7) is 4.70. The average molecular weight is 439 g/mol. The lowest BCUT2D eigenvalue weighted by Crippen LogP contribution is -2.25. The van der Waals surface area contributed by atoms with Crippen LogP contribution in [-0.4, -0.2) is 29.3 Å². The van der Waals surface area contributed by atoms with Crippen LogP contribution in [0, 0.1) is 0 Å². The molecule has 0 bridgehead atoms. The van der Waals surface area contributed by atoms with E-state index in [1.54, 1.807) is 36.7 Å². The van der Waals surface area contributed by atoms with Gasteiger partial charge in [0.1, 0.15) is 32.6 Å². The summed E-state index contributed by atoms with van der Waals surface area (Å²) in [4.78, 5) is 34.9. The molecule has 2 N–H and O–H groups in total. The first-order valence-corrected chi connectivity index (χ1v) is 10.9. The number of fused-ring (bicyclic) bond motifs is 2. The molecule has 0 amide bonds. The summed E-state index contributed by atoms with van der Waals surface area (Å²) in [6.07, 6.45) is 4.50. The van der Waals surface area contributed by atoms with Gasteiger partial charge in [-0.05, 0) is 37.1 Å². The van der Waals surface area contributed by atoms with Crippen molar-refractivity contribution in [3.8, 4) is 11.5 Å². The smallest absolute Gasteiger partial charge is 0.270 e. The van der Waals surface area contributed by atoms with Crippen LogP contribution in [0.2, 0.25) is 0 Å². The molecule has 4 aromatic rings. The maximum Gasteiger partial charge on any atom is 0.270 e. The van der Waals surface area contributed by atoms with E-state index in [9.17, 15) is 19.8 Å². The van der Waals surface area contributed by atoms with Crippen LogP contribution in [-0.2, 0) is 13.1 Å². The zero-order valence-corrected chi connectivity index (χ0v) is 18.0. The zero-order valence-electron chi connectivity index (χ0n) is 17.2. The Kier molecular flexibility index (Phi) is 5.69. The van der Waals surface area contributed by atoms with Gasteiger partial charge in [-0.25, -0.2) is 9.97 Å². The molecule has 0 aromatic carbocycles. The summed E-state index contributed by atoms with van der Waals surface area (Å²) in [5.41, 5.74) is -0.150. The fourth-order valence-corrected chi connectivity index (χ4v) is 4.64. The van der Waals surface area contributed by atoms with Crippen LogP contribution >= 0.6 is 11.8 Å². The normalized spacial score (nSPS) is 11.4. The molecular formula is C22H22N4O4S. The highest BCUT2D eigenvalue weighted by atomic mass is 32.2. The second kappa shape index (κ2) is 8.43. The molecule has 8 nitrogen and oxygen atoms in total. The van der Waals surface area contributed by atoms with Gasteiger partial charge in [0.2, 0.25) is 0 Å². The minimum absolute atomic E-state index is 0.0207. The molecule has 31 heavy (non-hydrogen) atoms. The molecule has 0 saturated heterocycles. The first-order valence-electron chi connectivity index (χ1n) is 10.1. The number of hydrogen-bond donors (Lipinski definition) is 2. The van der Waals surface area contributed by atoms with Gasteiger partial charge >= 0.3 is 0 Å². The van der Waals surface area contributed by atoms with Crippen molar-refractivity contribution in [3.63, 3.8) is 0 Å². The Morgan fingerprint density at radius 1 is 0.806 bits per heavy atom.